The highest BCUT2D eigenvalue weighted by molar-refractivity contribution is 6.03. The van der Waals surface area contributed by atoms with Crippen molar-refractivity contribution in [1.82, 2.24) is 19.6 Å². The van der Waals surface area contributed by atoms with E-state index in [1.807, 2.05) is 13.8 Å². The van der Waals surface area contributed by atoms with Gasteiger partial charge in [-0.15, -0.1) is 0 Å². The summed E-state index contributed by atoms with van der Waals surface area (Å²) in [4.78, 5) is 56.2. The zero-order chi connectivity index (χ0) is 29.8. The summed E-state index contributed by atoms with van der Waals surface area (Å²) in [5, 5.41) is 0. The van der Waals surface area contributed by atoms with Crippen LogP contribution < -0.4 is 0 Å². The Balaban J connectivity index is 1.67. The topological polar surface area (TPSA) is 90.5 Å². The van der Waals surface area contributed by atoms with Crippen molar-refractivity contribution >= 4 is 23.9 Å². The molecule has 2 aliphatic rings. The fourth-order valence-electron chi connectivity index (χ4n) is 6.52. The van der Waals surface area contributed by atoms with Gasteiger partial charge in [0.1, 0.15) is 13.1 Å². The molecule has 2 fully saturated rings. The molecule has 230 valence electrons. The van der Waals surface area contributed by atoms with Gasteiger partial charge >= 0.3 is 12.1 Å². The molecule has 0 aromatic heterocycles. The minimum absolute atomic E-state index is 0.0665. The van der Waals surface area contributed by atoms with Crippen LogP contribution in [0.2, 0.25) is 0 Å². The fourth-order valence-corrected chi connectivity index (χ4v) is 6.52. The number of imide groups is 2. The van der Waals surface area contributed by atoms with Crippen molar-refractivity contribution in [2.75, 3.05) is 45.9 Å². The van der Waals surface area contributed by atoms with Gasteiger partial charge in [0, 0.05) is 32.8 Å². The van der Waals surface area contributed by atoms with Crippen molar-refractivity contribution < 1.29 is 23.9 Å². The number of unbranched alkanes of at least 4 members (excludes halogenated alkanes) is 2. The van der Waals surface area contributed by atoms with E-state index in [0.717, 1.165) is 83.7 Å². The van der Waals surface area contributed by atoms with E-state index in [1.54, 1.807) is 14.7 Å². The van der Waals surface area contributed by atoms with Crippen LogP contribution in [-0.2, 0) is 14.3 Å². The number of carbonyl (C=O) groups is 4. The minimum atomic E-state index is -0.396. The van der Waals surface area contributed by atoms with E-state index < -0.39 is 5.54 Å². The summed E-state index contributed by atoms with van der Waals surface area (Å²) < 4.78 is 5.95. The summed E-state index contributed by atoms with van der Waals surface area (Å²) in [5.74, 6) is -0.137. The van der Waals surface area contributed by atoms with Gasteiger partial charge in [-0.1, -0.05) is 47.0 Å². The van der Waals surface area contributed by atoms with Crippen LogP contribution in [0.25, 0.3) is 0 Å². The molecule has 0 N–H and O–H groups in total. The number of urea groups is 2. The van der Waals surface area contributed by atoms with Crippen LogP contribution >= 0.6 is 0 Å². The van der Waals surface area contributed by atoms with Crippen molar-refractivity contribution in [2.45, 2.75) is 124 Å². The monoisotopic (exact) mass is 564 g/mol. The largest absolute Gasteiger partial charge is 0.381 e. The lowest BCUT2D eigenvalue weighted by Gasteiger charge is -2.39. The molecule has 0 unspecified atom stereocenters. The number of likely N-dealkylation sites (N-methyl/N-ethyl adjacent to an activating group) is 2. The highest BCUT2D eigenvalue weighted by atomic mass is 16.5. The van der Waals surface area contributed by atoms with Gasteiger partial charge in [0.15, 0.2) is 0 Å². The highest BCUT2D eigenvalue weighted by Gasteiger charge is 2.46. The Morgan fingerprint density at radius 3 is 1.65 bits per heavy atom. The van der Waals surface area contributed by atoms with Gasteiger partial charge in [-0.2, -0.15) is 0 Å². The summed E-state index contributed by atoms with van der Waals surface area (Å²) in [6.45, 7) is 16.0. The van der Waals surface area contributed by atoms with Crippen molar-refractivity contribution in [3.05, 3.63) is 0 Å². The molecule has 2 saturated heterocycles. The third-order valence-corrected chi connectivity index (χ3v) is 9.74. The number of ether oxygens (including phenoxy) is 1. The number of hydrogen-bond donors (Lipinski definition) is 0. The van der Waals surface area contributed by atoms with Crippen LogP contribution in [0.15, 0.2) is 0 Å². The maximum atomic E-state index is 12.8. The summed E-state index contributed by atoms with van der Waals surface area (Å²) in [5.41, 5.74) is -0.149. The zero-order valence-electron chi connectivity index (χ0n) is 26.3. The van der Waals surface area contributed by atoms with Crippen molar-refractivity contribution in [3.8, 4) is 0 Å². The van der Waals surface area contributed by atoms with Gasteiger partial charge in [0.05, 0.1) is 5.54 Å². The minimum Gasteiger partial charge on any atom is -0.381 e. The van der Waals surface area contributed by atoms with Crippen LogP contribution in [0.4, 0.5) is 9.59 Å². The third kappa shape index (κ3) is 8.20. The molecule has 0 bridgehead atoms. The van der Waals surface area contributed by atoms with Gasteiger partial charge in [0.25, 0.3) is 5.91 Å². The SMILES string of the molecule is CCN1CC(=O)N(CCCC(CC)(CC)CCCCOCCCCC(CC)(CC)N2C(=O)CN(CC)C2=O)C1=O. The van der Waals surface area contributed by atoms with Crippen LogP contribution in [-0.4, -0.2) is 95.0 Å². The van der Waals surface area contributed by atoms with E-state index in [0.29, 0.717) is 26.2 Å². The molecule has 0 spiro atoms. The summed E-state index contributed by atoms with van der Waals surface area (Å²) in [6.07, 6.45) is 11.6. The molecule has 0 aromatic rings. The average molecular weight is 565 g/mol. The Hall–Kier alpha value is -2.16. The summed E-state index contributed by atoms with van der Waals surface area (Å²) in [6, 6.07) is -0.275. The number of rotatable bonds is 21. The van der Waals surface area contributed by atoms with Crippen molar-refractivity contribution in [1.29, 1.82) is 0 Å². The van der Waals surface area contributed by atoms with E-state index >= 15 is 0 Å². The number of nitrogens with zero attached hydrogens (tertiary/aromatic N) is 4. The predicted octanol–water partition coefficient (Wildman–Crippen LogP) is 6.06. The van der Waals surface area contributed by atoms with Crippen molar-refractivity contribution in [3.63, 3.8) is 0 Å². The molecular weight excluding hydrogens is 508 g/mol. The van der Waals surface area contributed by atoms with Gasteiger partial charge in [-0.05, 0) is 77.0 Å². The first-order valence-electron chi connectivity index (χ1n) is 16.0. The van der Waals surface area contributed by atoms with Gasteiger partial charge in [-0.3, -0.25) is 19.4 Å². The Morgan fingerprint density at radius 1 is 0.625 bits per heavy atom. The van der Waals surface area contributed by atoms with Crippen molar-refractivity contribution in [2.24, 2.45) is 5.41 Å². The Labute approximate surface area is 242 Å². The first-order valence-corrected chi connectivity index (χ1v) is 16.0. The van der Waals surface area contributed by atoms with E-state index in [-0.39, 0.29) is 42.4 Å². The first-order chi connectivity index (χ1) is 19.2. The molecule has 2 heterocycles. The standard InChI is InChI=1S/C31H56N4O5/c1-7-30(8-2,19-17-21-34-26(36)24-32(11-5)28(34)38)18-13-15-22-40-23-16-14-20-31(9-3,10-4)35-27(37)25-33(12-6)29(35)39/h7-25H2,1-6H3. The lowest BCUT2D eigenvalue weighted by molar-refractivity contribution is -0.130. The second-order valence-corrected chi connectivity index (χ2v) is 11.6. The number of carbonyl (C=O) groups excluding carboxylic acids is 4. The maximum Gasteiger partial charge on any atom is 0.327 e. The highest BCUT2D eigenvalue weighted by Crippen LogP contribution is 2.38. The Kier molecular flexibility index (Phi) is 13.9. The number of hydrogen-bond acceptors (Lipinski definition) is 5. The molecule has 0 aliphatic carbocycles. The molecule has 9 heteroatoms. The van der Waals surface area contributed by atoms with Crippen LogP contribution in [0, 0.1) is 5.41 Å². The summed E-state index contributed by atoms with van der Waals surface area (Å²) >= 11 is 0. The maximum absolute atomic E-state index is 12.8. The predicted molar refractivity (Wildman–Crippen MR) is 158 cm³/mol. The van der Waals surface area contributed by atoms with E-state index in [1.165, 1.54) is 4.90 Å². The van der Waals surface area contributed by atoms with Gasteiger partial charge < -0.3 is 14.5 Å². The smallest absolute Gasteiger partial charge is 0.327 e. The molecule has 0 aromatic carbocycles. The molecule has 9 nitrogen and oxygen atoms in total. The first kappa shape index (κ1) is 34.0. The normalized spacial score (nSPS) is 16.9. The molecule has 0 saturated carbocycles. The van der Waals surface area contributed by atoms with Gasteiger partial charge in [-0.25, -0.2) is 9.59 Å². The molecular formula is C31H56N4O5. The molecule has 0 radical (unpaired) electrons. The lowest BCUT2D eigenvalue weighted by Crippen LogP contribution is -2.51. The fraction of sp³-hybridized carbons (Fsp3) is 0.871. The average Bonchev–Trinajstić information content (AvgIpc) is 3.42. The summed E-state index contributed by atoms with van der Waals surface area (Å²) in [7, 11) is 0. The van der Waals surface area contributed by atoms with Crippen LogP contribution in [0.5, 0.6) is 0 Å². The van der Waals surface area contributed by atoms with Crippen LogP contribution in [0.1, 0.15) is 119 Å². The molecule has 2 rings (SSSR count). The molecule has 40 heavy (non-hydrogen) atoms. The van der Waals surface area contributed by atoms with E-state index in [4.69, 9.17) is 4.74 Å². The zero-order valence-corrected chi connectivity index (χ0v) is 26.3. The van der Waals surface area contributed by atoms with E-state index in [2.05, 4.69) is 27.7 Å². The lowest BCUT2D eigenvalue weighted by atomic mass is 9.74. The van der Waals surface area contributed by atoms with Gasteiger partial charge in [0.2, 0.25) is 5.91 Å². The number of amides is 6. The second kappa shape index (κ2) is 16.3. The third-order valence-electron chi connectivity index (χ3n) is 9.74. The van der Waals surface area contributed by atoms with E-state index in [9.17, 15) is 19.2 Å². The Morgan fingerprint density at radius 2 is 1.15 bits per heavy atom. The second-order valence-electron chi connectivity index (χ2n) is 11.6. The quantitative estimate of drug-likeness (QED) is 0.125. The molecule has 2 aliphatic heterocycles. The molecule has 6 amide bonds. The Bertz CT molecular complexity index is 840. The molecule has 0 atom stereocenters. The van der Waals surface area contributed by atoms with Crippen LogP contribution in [0.3, 0.4) is 0 Å².